The smallest absolute Gasteiger partial charge is 0.108 e. The number of amides is 1. The number of hydrogen-bond donors (Lipinski definition) is 3. The third-order valence-corrected chi connectivity index (χ3v) is 4.98. The van der Waals surface area contributed by atoms with Crippen LogP contribution in [-0.4, -0.2) is 44.6 Å². The summed E-state index contributed by atoms with van der Waals surface area (Å²) in [5.41, 5.74) is -2.20. The van der Waals surface area contributed by atoms with Gasteiger partial charge in [0.05, 0.1) is 17.6 Å². The average molecular weight is 515 g/mol. The van der Waals surface area contributed by atoms with Crippen molar-refractivity contribution in [3.8, 4) is 0 Å². The van der Waals surface area contributed by atoms with Crippen LogP contribution in [0.3, 0.4) is 0 Å². The Hall–Kier alpha value is 1.14. The molecule has 3 N–H and O–H groups in total. The van der Waals surface area contributed by atoms with Gasteiger partial charge in [-0.3, -0.25) is 0 Å². The van der Waals surface area contributed by atoms with Crippen LogP contribution < -0.4 is 0 Å². The Morgan fingerprint density at radius 1 is 1.26 bits per heavy atom. The first-order valence-electron chi connectivity index (χ1n) is 6.14. The number of rotatable bonds is 1. The van der Waals surface area contributed by atoms with E-state index < -0.39 is 23.3 Å². The summed E-state index contributed by atoms with van der Waals surface area (Å²) in [6.45, 7) is 5.49. The molecule has 19 heavy (non-hydrogen) atoms. The van der Waals surface area contributed by atoms with Crippen LogP contribution in [0.1, 0.15) is 33.6 Å². The second-order valence-corrected chi connectivity index (χ2v) is 5.49. The van der Waals surface area contributed by atoms with Gasteiger partial charge in [0.1, 0.15) is 6.10 Å². The first-order chi connectivity index (χ1) is 7.79. The van der Waals surface area contributed by atoms with Gasteiger partial charge in [0.2, 0.25) is 0 Å². The summed E-state index contributed by atoms with van der Waals surface area (Å²) in [6.07, 6.45) is -1.90. The van der Waals surface area contributed by atoms with Gasteiger partial charge in [-0.15, -0.1) is 0 Å². The van der Waals surface area contributed by atoms with Crippen molar-refractivity contribution in [2.24, 2.45) is 11.8 Å². The zero-order chi connectivity index (χ0) is 13.0. The predicted octanol–water partition coefficient (Wildman–Crippen LogP) is 0.173. The van der Waals surface area contributed by atoms with Gasteiger partial charge in [0.25, 0.3) is 0 Å². The standard InChI is InChI=1S/C12H21NO4.W.Y/c1-4-12(17)7(3)6(2)11(5-8(14)13-11)9(15)10(12)16;;/h6-7,9-10,15-17H,4-5H2,1-3H3,(H,13,14);;/p-1/t6-,7+,9-,10+,11?,12-;;/m1../s1. The van der Waals surface area contributed by atoms with E-state index in [4.69, 9.17) is 0 Å². The SMILES string of the molecule is CC[C@@]1(O)[C@@H](C)[C@@H](C)C2(CC(=O)[N-]2)[C@H](O)[C@@H]1O.[W].[Y]. The average Bonchev–Trinajstić information content (AvgIpc) is 2.28. The number of carbonyl (C=O) groups is 1. The van der Waals surface area contributed by atoms with Crippen molar-refractivity contribution < 1.29 is 73.9 Å². The van der Waals surface area contributed by atoms with Crippen molar-refractivity contribution in [1.29, 1.82) is 0 Å². The maximum absolute atomic E-state index is 11.1. The molecule has 1 radical (unpaired) electrons. The Morgan fingerprint density at radius 2 is 1.74 bits per heavy atom. The number of nitrogens with zero attached hydrogens (tertiary/aromatic N) is 1. The molecule has 1 spiro atoms. The molecule has 1 saturated heterocycles. The summed E-state index contributed by atoms with van der Waals surface area (Å²) in [5.74, 6) is -0.594. The van der Waals surface area contributed by atoms with Crippen LogP contribution in [0.4, 0.5) is 0 Å². The van der Waals surface area contributed by atoms with E-state index in [1.165, 1.54) is 0 Å². The molecule has 0 aromatic rings. The molecule has 0 aromatic carbocycles. The molecule has 6 atom stereocenters. The fraction of sp³-hybridized carbons (Fsp3) is 0.917. The number of aliphatic hydroxyl groups excluding tert-OH is 2. The molecule has 5 nitrogen and oxygen atoms in total. The van der Waals surface area contributed by atoms with Gasteiger partial charge in [0, 0.05) is 53.8 Å². The van der Waals surface area contributed by atoms with E-state index in [0.717, 1.165) is 0 Å². The van der Waals surface area contributed by atoms with Gasteiger partial charge < -0.3 is 25.4 Å². The Balaban J connectivity index is 0.00000162. The van der Waals surface area contributed by atoms with Crippen molar-refractivity contribution >= 4 is 5.91 Å². The molecule has 107 valence electrons. The second-order valence-electron chi connectivity index (χ2n) is 5.49. The molecule has 1 unspecified atom stereocenters. The van der Waals surface area contributed by atoms with Crippen LogP contribution in [-0.2, 0) is 58.6 Å². The topological polar surface area (TPSA) is 91.9 Å². The molecule has 1 aliphatic heterocycles. The number of carbonyl (C=O) groups excluding carboxylic acids is 1. The van der Waals surface area contributed by atoms with Gasteiger partial charge >= 0.3 is 0 Å². The van der Waals surface area contributed by atoms with E-state index in [9.17, 15) is 20.1 Å². The Morgan fingerprint density at radius 3 is 2.11 bits per heavy atom. The molecule has 1 heterocycles. The quantitative estimate of drug-likeness (QED) is 0.435. The minimum atomic E-state index is -1.31. The van der Waals surface area contributed by atoms with E-state index in [1.807, 2.05) is 13.8 Å². The summed E-state index contributed by atoms with van der Waals surface area (Å²) < 4.78 is 0. The maximum Gasteiger partial charge on any atom is 0.108 e. The first-order valence-corrected chi connectivity index (χ1v) is 6.14. The molecule has 2 rings (SSSR count). The third-order valence-electron chi connectivity index (χ3n) is 4.98. The summed E-state index contributed by atoms with van der Waals surface area (Å²) in [7, 11) is 0. The summed E-state index contributed by atoms with van der Waals surface area (Å²) in [5, 5.41) is 34.6. The van der Waals surface area contributed by atoms with Crippen molar-refractivity contribution in [1.82, 2.24) is 0 Å². The zero-order valence-corrected chi connectivity index (χ0v) is 17.2. The Bertz CT molecular complexity index is 329. The molecule has 2 aliphatic rings. The van der Waals surface area contributed by atoms with E-state index in [-0.39, 0.29) is 77.9 Å². The fourth-order valence-corrected chi connectivity index (χ4v) is 3.38. The predicted molar refractivity (Wildman–Crippen MR) is 61.3 cm³/mol. The Kier molecular flexibility index (Phi) is 6.89. The van der Waals surface area contributed by atoms with E-state index in [1.54, 1.807) is 6.92 Å². The summed E-state index contributed by atoms with van der Waals surface area (Å²) in [4.78, 5) is 11.1. The zero-order valence-electron chi connectivity index (χ0n) is 11.4. The third kappa shape index (κ3) is 2.64. The number of hydrogen-bond acceptors (Lipinski definition) is 4. The first kappa shape index (κ1) is 20.1. The molecule has 1 amide bonds. The number of aliphatic hydroxyl groups is 3. The molecule has 7 heteroatoms. The largest absolute Gasteiger partial charge is 0.645 e. The van der Waals surface area contributed by atoms with E-state index in [2.05, 4.69) is 5.32 Å². The molecule has 1 saturated carbocycles. The molecule has 0 aromatic heterocycles. The van der Waals surface area contributed by atoms with Crippen LogP contribution >= 0.6 is 0 Å². The van der Waals surface area contributed by atoms with E-state index in [0.29, 0.717) is 6.42 Å². The van der Waals surface area contributed by atoms with Gasteiger partial charge in [-0.1, -0.05) is 26.3 Å². The Labute approximate surface area is 153 Å². The fourth-order valence-electron chi connectivity index (χ4n) is 3.38. The van der Waals surface area contributed by atoms with Gasteiger partial charge in [-0.05, 0) is 24.7 Å². The van der Waals surface area contributed by atoms with Crippen LogP contribution in [0.25, 0.3) is 5.32 Å². The van der Waals surface area contributed by atoms with Crippen LogP contribution in [0.15, 0.2) is 0 Å². The number of β-lactam (4-membered cyclic amide) rings is 1. The molecular formula is C12H20NO4WY-. The van der Waals surface area contributed by atoms with Gasteiger partial charge in [-0.25, -0.2) is 0 Å². The van der Waals surface area contributed by atoms with Crippen LogP contribution in [0.5, 0.6) is 0 Å². The summed E-state index contributed by atoms with van der Waals surface area (Å²) in [6, 6.07) is 0. The van der Waals surface area contributed by atoms with Gasteiger partial charge in [-0.2, -0.15) is 0 Å². The maximum atomic E-state index is 11.1. The van der Waals surface area contributed by atoms with Crippen molar-refractivity contribution in [3.63, 3.8) is 0 Å². The van der Waals surface area contributed by atoms with Crippen molar-refractivity contribution in [2.45, 2.75) is 57.0 Å². The second kappa shape index (κ2) is 6.50. The van der Waals surface area contributed by atoms with Crippen molar-refractivity contribution in [3.05, 3.63) is 5.32 Å². The van der Waals surface area contributed by atoms with Crippen LogP contribution in [0, 0.1) is 11.8 Å². The van der Waals surface area contributed by atoms with Crippen molar-refractivity contribution in [2.75, 3.05) is 0 Å². The molecule has 0 bridgehead atoms. The minimum Gasteiger partial charge on any atom is -0.645 e. The van der Waals surface area contributed by atoms with Crippen LogP contribution in [0.2, 0.25) is 0 Å². The minimum absolute atomic E-state index is 0. The molecular weight excluding hydrogens is 495 g/mol. The molecule has 1 aliphatic carbocycles. The van der Waals surface area contributed by atoms with E-state index >= 15 is 0 Å². The molecule has 2 fully saturated rings. The monoisotopic (exact) mass is 515 g/mol. The summed E-state index contributed by atoms with van der Waals surface area (Å²) >= 11 is 0. The normalized spacial score (nSPS) is 48.6. The van der Waals surface area contributed by atoms with Gasteiger partial charge in [0.15, 0.2) is 0 Å².